The molecule has 0 saturated heterocycles. The smallest absolute Gasteiger partial charge is 0.410 e. The van der Waals surface area contributed by atoms with Gasteiger partial charge in [0.15, 0.2) is 0 Å². The predicted molar refractivity (Wildman–Crippen MR) is 80.2 cm³/mol. The number of hydrogen-bond acceptors (Lipinski definition) is 3. The minimum Gasteiger partial charge on any atom is -0.410 e. The molecule has 0 unspecified atom stereocenters. The van der Waals surface area contributed by atoms with Crippen LogP contribution in [0.2, 0.25) is 0 Å². The Kier molecular flexibility index (Phi) is 4.72. The van der Waals surface area contributed by atoms with Crippen LogP contribution in [0.1, 0.15) is 24.2 Å². The van der Waals surface area contributed by atoms with Crippen molar-refractivity contribution >= 4 is 12.0 Å². The first-order valence-electron chi connectivity index (χ1n) is 6.75. The molecule has 2 amide bonds. The van der Waals surface area contributed by atoms with Gasteiger partial charge in [0.05, 0.1) is 0 Å². The van der Waals surface area contributed by atoms with E-state index >= 15 is 0 Å². The van der Waals surface area contributed by atoms with Crippen molar-refractivity contribution in [3.05, 3.63) is 66.2 Å². The van der Waals surface area contributed by atoms with Crippen LogP contribution < -0.4 is 4.74 Å². The lowest BCUT2D eigenvalue weighted by atomic mass is 10.2. The van der Waals surface area contributed by atoms with Gasteiger partial charge < -0.3 is 4.74 Å². The molecule has 0 aromatic heterocycles. The molecule has 0 N–H and O–H groups in total. The molecular weight excluding hydrogens is 266 g/mol. The second kappa shape index (κ2) is 6.70. The molecule has 0 heterocycles. The Morgan fingerprint density at radius 3 is 1.95 bits per heavy atom. The lowest BCUT2D eigenvalue weighted by Crippen LogP contribution is -2.43. The zero-order valence-electron chi connectivity index (χ0n) is 12.0. The van der Waals surface area contributed by atoms with Crippen LogP contribution in [0, 0.1) is 0 Å². The van der Waals surface area contributed by atoms with E-state index in [1.54, 1.807) is 62.4 Å². The standard InChI is InChI=1S/C17H17NO3/c1-13(2)18(16(19)14-9-5-3-6-10-14)17(20)21-15-11-7-4-8-12-15/h3-13H,1-2H3. The predicted octanol–water partition coefficient (Wildman–Crippen LogP) is 3.74. The molecule has 0 aliphatic carbocycles. The molecule has 0 saturated carbocycles. The van der Waals surface area contributed by atoms with Crippen LogP contribution in [-0.4, -0.2) is 22.9 Å². The van der Waals surface area contributed by atoms with Gasteiger partial charge in [0, 0.05) is 11.6 Å². The monoisotopic (exact) mass is 283 g/mol. The summed E-state index contributed by atoms with van der Waals surface area (Å²) in [5.41, 5.74) is 0.455. The summed E-state index contributed by atoms with van der Waals surface area (Å²) < 4.78 is 5.25. The summed E-state index contributed by atoms with van der Waals surface area (Å²) in [6.45, 7) is 3.54. The Morgan fingerprint density at radius 2 is 1.43 bits per heavy atom. The number of nitrogens with zero attached hydrogens (tertiary/aromatic N) is 1. The minimum atomic E-state index is -0.676. The number of carbonyl (C=O) groups excluding carboxylic acids is 2. The Morgan fingerprint density at radius 1 is 0.905 bits per heavy atom. The van der Waals surface area contributed by atoms with Crippen molar-refractivity contribution in [1.29, 1.82) is 0 Å². The van der Waals surface area contributed by atoms with Crippen molar-refractivity contribution in [2.75, 3.05) is 0 Å². The molecule has 2 aromatic carbocycles. The third kappa shape index (κ3) is 3.69. The van der Waals surface area contributed by atoms with Crippen molar-refractivity contribution in [3.8, 4) is 5.75 Å². The number of amides is 2. The number of rotatable bonds is 3. The summed E-state index contributed by atoms with van der Waals surface area (Å²) in [4.78, 5) is 25.8. The number of hydrogen-bond donors (Lipinski definition) is 0. The van der Waals surface area contributed by atoms with Gasteiger partial charge in [-0.05, 0) is 38.1 Å². The number of carbonyl (C=O) groups is 2. The molecule has 0 fully saturated rings. The van der Waals surface area contributed by atoms with E-state index in [9.17, 15) is 9.59 Å². The second-order valence-electron chi connectivity index (χ2n) is 4.82. The topological polar surface area (TPSA) is 46.6 Å². The molecule has 0 spiro atoms. The minimum absolute atomic E-state index is 0.297. The van der Waals surface area contributed by atoms with Gasteiger partial charge in [-0.3, -0.25) is 4.79 Å². The molecule has 2 aromatic rings. The lowest BCUT2D eigenvalue weighted by molar-refractivity contribution is 0.0706. The SMILES string of the molecule is CC(C)N(C(=O)Oc1ccccc1)C(=O)c1ccccc1. The lowest BCUT2D eigenvalue weighted by Gasteiger charge is -2.23. The van der Waals surface area contributed by atoms with Crippen molar-refractivity contribution in [2.24, 2.45) is 0 Å². The van der Waals surface area contributed by atoms with E-state index in [1.165, 1.54) is 0 Å². The van der Waals surface area contributed by atoms with Crippen LogP contribution in [0.25, 0.3) is 0 Å². The van der Waals surface area contributed by atoms with Crippen LogP contribution in [0.4, 0.5) is 4.79 Å². The molecule has 0 atom stereocenters. The van der Waals surface area contributed by atoms with Gasteiger partial charge in [0.2, 0.25) is 0 Å². The quantitative estimate of drug-likeness (QED) is 0.862. The highest BCUT2D eigenvalue weighted by Gasteiger charge is 2.27. The first-order valence-corrected chi connectivity index (χ1v) is 6.75. The van der Waals surface area contributed by atoms with Crippen LogP contribution >= 0.6 is 0 Å². The highest BCUT2D eigenvalue weighted by Crippen LogP contribution is 2.14. The number of para-hydroxylation sites is 1. The van der Waals surface area contributed by atoms with Crippen LogP contribution in [0.5, 0.6) is 5.75 Å². The maximum Gasteiger partial charge on any atom is 0.422 e. The van der Waals surface area contributed by atoms with E-state index < -0.39 is 6.09 Å². The van der Waals surface area contributed by atoms with Gasteiger partial charge >= 0.3 is 6.09 Å². The average Bonchev–Trinajstić information content (AvgIpc) is 2.49. The summed E-state index contributed by atoms with van der Waals surface area (Å²) in [5, 5.41) is 0. The summed E-state index contributed by atoms with van der Waals surface area (Å²) in [5.74, 6) is 0.0422. The van der Waals surface area contributed by atoms with E-state index in [1.807, 2.05) is 12.1 Å². The zero-order chi connectivity index (χ0) is 15.2. The van der Waals surface area contributed by atoms with Crippen molar-refractivity contribution in [3.63, 3.8) is 0 Å². The zero-order valence-corrected chi connectivity index (χ0v) is 12.0. The van der Waals surface area contributed by atoms with Crippen molar-refractivity contribution in [2.45, 2.75) is 19.9 Å². The van der Waals surface area contributed by atoms with Crippen molar-refractivity contribution in [1.82, 2.24) is 4.90 Å². The number of imide groups is 1. The molecule has 21 heavy (non-hydrogen) atoms. The summed E-state index contributed by atoms with van der Waals surface area (Å²) in [7, 11) is 0. The molecule has 4 heteroatoms. The second-order valence-corrected chi connectivity index (χ2v) is 4.82. The number of ether oxygens (including phenoxy) is 1. The first kappa shape index (κ1) is 14.8. The molecule has 108 valence electrons. The highest BCUT2D eigenvalue weighted by atomic mass is 16.6. The molecule has 4 nitrogen and oxygen atoms in total. The molecule has 0 aliphatic rings. The fraction of sp³-hybridized carbons (Fsp3) is 0.176. The van der Waals surface area contributed by atoms with Gasteiger partial charge in [0.25, 0.3) is 5.91 Å². The van der Waals surface area contributed by atoms with Gasteiger partial charge in [-0.25, -0.2) is 9.69 Å². The van der Waals surface area contributed by atoms with E-state index in [0.717, 1.165) is 4.90 Å². The van der Waals surface area contributed by atoms with Gasteiger partial charge in [-0.15, -0.1) is 0 Å². The molecule has 0 radical (unpaired) electrons. The van der Waals surface area contributed by atoms with Gasteiger partial charge in [0.1, 0.15) is 5.75 Å². The Balaban J connectivity index is 2.19. The largest absolute Gasteiger partial charge is 0.422 e. The summed E-state index contributed by atoms with van der Waals surface area (Å²) in [6.07, 6.45) is -0.676. The Labute approximate surface area is 124 Å². The Bertz CT molecular complexity index is 608. The maximum atomic E-state index is 12.4. The Hall–Kier alpha value is -2.62. The number of benzene rings is 2. The fourth-order valence-electron chi connectivity index (χ4n) is 1.89. The molecule has 0 bridgehead atoms. The van der Waals surface area contributed by atoms with E-state index in [0.29, 0.717) is 11.3 Å². The van der Waals surface area contributed by atoms with E-state index in [4.69, 9.17) is 4.74 Å². The van der Waals surface area contributed by atoms with Crippen molar-refractivity contribution < 1.29 is 14.3 Å². The van der Waals surface area contributed by atoms with Gasteiger partial charge in [-0.2, -0.15) is 0 Å². The van der Waals surface area contributed by atoms with E-state index in [-0.39, 0.29) is 11.9 Å². The third-order valence-electron chi connectivity index (χ3n) is 2.90. The first-order chi connectivity index (χ1) is 10.1. The molecular formula is C17H17NO3. The fourth-order valence-corrected chi connectivity index (χ4v) is 1.89. The van der Waals surface area contributed by atoms with Crippen LogP contribution in [0.3, 0.4) is 0 Å². The van der Waals surface area contributed by atoms with E-state index in [2.05, 4.69) is 0 Å². The average molecular weight is 283 g/mol. The van der Waals surface area contributed by atoms with Crippen LogP contribution in [-0.2, 0) is 0 Å². The van der Waals surface area contributed by atoms with Crippen LogP contribution in [0.15, 0.2) is 60.7 Å². The normalized spacial score (nSPS) is 10.2. The highest BCUT2D eigenvalue weighted by molar-refractivity contribution is 6.03. The third-order valence-corrected chi connectivity index (χ3v) is 2.90. The maximum absolute atomic E-state index is 12.4. The summed E-state index contributed by atoms with van der Waals surface area (Å²) >= 11 is 0. The molecule has 2 rings (SSSR count). The molecule has 0 aliphatic heterocycles. The van der Waals surface area contributed by atoms with Gasteiger partial charge in [-0.1, -0.05) is 36.4 Å². The summed E-state index contributed by atoms with van der Waals surface area (Å²) in [6, 6.07) is 17.1.